The number of hydrogen-bond acceptors (Lipinski definition) is 5. The number of amides is 1. The molecule has 1 aliphatic heterocycles. The van der Waals surface area contributed by atoms with Crippen LogP contribution >= 0.6 is 11.6 Å². The van der Waals surface area contributed by atoms with E-state index in [-0.39, 0.29) is 31.0 Å². The summed E-state index contributed by atoms with van der Waals surface area (Å²) in [5, 5.41) is 8.30. The Balaban J connectivity index is 1.23. The molecule has 0 radical (unpaired) electrons. The second-order valence-corrected chi connectivity index (χ2v) is 12.3. The number of sulfonamides is 1. The van der Waals surface area contributed by atoms with E-state index in [4.69, 9.17) is 11.6 Å². The van der Waals surface area contributed by atoms with E-state index in [1.54, 1.807) is 30.3 Å². The first-order chi connectivity index (χ1) is 19.5. The van der Waals surface area contributed by atoms with Gasteiger partial charge in [0, 0.05) is 29.2 Å². The molecule has 1 N–H and O–H groups in total. The summed E-state index contributed by atoms with van der Waals surface area (Å²) in [4.78, 5) is 14.7. The summed E-state index contributed by atoms with van der Waals surface area (Å²) in [5.41, 5.74) is 2.89. The summed E-state index contributed by atoms with van der Waals surface area (Å²) < 4.78 is 59.5. The third-order valence-electron chi connectivity index (χ3n) is 7.10. The molecule has 12 heteroatoms. The minimum absolute atomic E-state index is 0.0578. The van der Waals surface area contributed by atoms with Crippen LogP contribution in [0.5, 0.6) is 0 Å². The number of nitrogens with zero attached hydrogens (tertiary/aromatic N) is 4. The van der Waals surface area contributed by atoms with E-state index in [9.17, 15) is 13.2 Å². The molecule has 41 heavy (non-hydrogen) atoms. The van der Waals surface area contributed by atoms with E-state index in [0.717, 1.165) is 11.1 Å². The van der Waals surface area contributed by atoms with Crippen molar-refractivity contribution < 1.29 is 22.0 Å². The Bertz CT molecular complexity index is 1650. The van der Waals surface area contributed by atoms with Gasteiger partial charge in [0.1, 0.15) is 0 Å². The first-order valence-corrected chi connectivity index (χ1v) is 14.9. The summed E-state index contributed by atoms with van der Waals surface area (Å²) in [6.45, 7) is 1.02. The van der Waals surface area contributed by atoms with Gasteiger partial charge in [0.2, 0.25) is 10.0 Å². The average molecular weight is 600 g/mol. The highest BCUT2D eigenvalue weighted by atomic mass is 35.5. The highest BCUT2D eigenvalue weighted by Gasteiger charge is 2.46. The van der Waals surface area contributed by atoms with Crippen LogP contribution < -0.4 is 4.72 Å². The number of alkyl halides is 2. The predicted octanol–water partition coefficient (Wildman–Crippen LogP) is 5.18. The Kier molecular flexibility index (Phi) is 8.21. The van der Waals surface area contributed by atoms with E-state index in [1.165, 1.54) is 27.9 Å². The fraction of sp³-hybridized carbons (Fsp3) is 0.276. The first kappa shape index (κ1) is 28.8. The van der Waals surface area contributed by atoms with Gasteiger partial charge in [-0.15, -0.1) is 5.10 Å². The number of carbonyl (C=O) groups excluding carboxylic acids is 1. The zero-order valence-electron chi connectivity index (χ0n) is 22.2. The molecule has 1 amide bonds. The van der Waals surface area contributed by atoms with Gasteiger partial charge < -0.3 is 4.90 Å². The molecule has 2 heterocycles. The van der Waals surface area contributed by atoms with Crippen LogP contribution in [0.2, 0.25) is 5.02 Å². The lowest BCUT2D eigenvalue weighted by Gasteiger charge is -2.38. The molecular formula is C29H28ClF2N5O3S. The Morgan fingerprint density at radius 3 is 2.54 bits per heavy atom. The summed E-state index contributed by atoms with van der Waals surface area (Å²) in [6, 6.07) is 20.4. The van der Waals surface area contributed by atoms with Crippen molar-refractivity contribution in [3.63, 3.8) is 0 Å². The standard InChI is InChI=1S/C29H28ClF2N5O3S/c1-20-7-10-25(11-8-20)41(39,40)33-16-24-18-37(35-34-24)17-22-13-14-36(19-29(22,31)32)28(38)26-12-9-23(30)15-27(26)21-5-3-2-4-6-21/h2-12,15,18,22,33H,13-14,16-17,19H2,1H3. The second-order valence-electron chi connectivity index (χ2n) is 10.1. The average Bonchev–Trinajstić information content (AvgIpc) is 3.41. The smallest absolute Gasteiger partial charge is 0.269 e. The Labute approximate surface area is 242 Å². The molecule has 3 aromatic carbocycles. The summed E-state index contributed by atoms with van der Waals surface area (Å²) in [5.74, 6) is -4.74. The summed E-state index contributed by atoms with van der Waals surface area (Å²) in [6.07, 6.45) is 1.51. The molecular weight excluding hydrogens is 572 g/mol. The number of likely N-dealkylation sites (tertiary alicyclic amines) is 1. The van der Waals surface area contributed by atoms with E-state index in [0.29, 0.717) is 21.8 Å². The van der Waals surface area contributed by atoms with Gasteiger partial charge in [-0.05, 0) is 54.8 Å². The van der Waals surface area contributed by atoms with Crippen molar-refractivity contribution in [1.82, 2.24) is 24.6 Å². The van der Waals surface area contributed by atoms with Gasteiger partial charge in [0.15, 0.2) is 0 Å². The molecule has 0 spiro atoms. The minimum atomic E-state index is -3.76. The van der Waals surface area contributed by atoms with E-state index in [2.05, 4.69) is 15.0 Å². The molecule has 1 saturated heterocycles. The third-order valence-corrected chi connectivity index (χ3v) is 8.75. The van der Waals surface area contributed by atoms with Crippen molar-refractivity contribution >= 4 is 27.5 Å². The number of piperidine rings is 1. The molecule has 4 aromatic rings. The maximum Gasteiger partial charge on any atom is 0.269 e. The first-order valence-electron chi connectivity index (χ1n) is 13.0. The van der Waals surface area contributed by atoms with Gasteiger partial charge in [0.25, 0.3) is 11.8 Å². The normalized spacial score (nSPS) is 17.0. The number of nitrogens with one attached hydrogen (secondary N) is 1. The van der Waals surface area contributed by atoms with Crippen LogP contribution in [0.25, 0.3) is 11.1 Å². The molecule has 0 aliphatic carbocycles. The number of aromatic nitrogens is 3. The van der Waals surface area contributed by atoms with Crippen LogP contribution in [0.3, 0.4) is 0 Å². The quantitative estimate of drug-likeness (QED) is 0.301. The van der Waals surface area contributed by atoms with Gasteiger partial charge in [-0.25, -0.2) is 21.9 Å². The van der Waals surface area contributed by atoms with Gasteiger partial charge >= 0.3 is 0 Å². The van der Waals surface area contributed by atoms with Crippen LogP contribution in [0.15, 0.2) is 83.9 Å². The maximum atomic E-state index is 15.3. The van der Waals surface area contributed by atoms with Crippen LogP contribution in [-0.4, -0.2) is 53.2 Å². The zero-order valence-corrected chi connectivity index (χ0v) is 23.7. The summed E-state index contributed by atoms with van der Waals surface area (Å²) in [7, 11) is -3.76. The predicted molar refractivity (Wildman–Crippen MR) is 151 cm³/mol. The largest absolute Gasteiger partial charge is 0.333 e. The van der Waals surface area contributed by atoms with Gasteiger partial charge in [-0.3, -0.25) is 9.48 Å². The van der Waals surface area contributed by atoms with Crippen molar-refractivity contribution in [3.8, 4) is 11.1 Å². The van der Waals surface area contributed by atoms with Crippen LogP contribution in [0.4, 0.5) is 8.78 Å². The number of aryl methyl sites for hydroxylation is 1. The minimum Gasteiger partial charge on any atom is -0.333 e. The highest BCUT2D eigenvalue weighted by Crippen LogP contribution is 2.36. The van der Waals surface area contributed by atoms with E-state index in [1.807, 2.05) is 37.3 Å². The second kappa shape index (κ2) is 11.7. The lowest BCUT2D eigenvalue weighted by atomic mass is 9.91. The number of carbonyl (C=O) groups is 1. The Morgan fingerprint density at radius 2 is 1.83 bits per heavy atom. The fourth-order valence-electron chi connectivity index (χ4n) is 4.82. The summed E-state index contributed by atoms with van der Waals surface area (Å²) >= 11 is 6.18. The number of rotatable bonds is 8. The van der Waals surface area contributed by atoms with Crippen molar-refractivity contribution in [2.24, 2.45) is 5.92 Å². The SMILES string of the molecule is Cc1ccc(S(=O)(=O)NCc2cn(CC3CCN(C(=O)c4ccc(Cl)cc4-c4ccccc4)CC3(F)F)nn2)cc1. The molecule has 5 rings (SSSR count). The third kappa shape index (κ3) is 6.64. The number of benzene rings is 3. The number of halogens is 3. The van der Waals surface area contributed by atoms with Gasteiger partial charge in [-0.2, -0.15) is 0 Å². The van der Waals surface area contributed by atoms with E-state index >= 15 is 8.78 Å². The van der Waals surface area contributed by atoms with Crippen molar-refractivity contribution in [2.75, 3.05) is 13.1 Å². The van der Waals surface area contributed by atoms with Gasteiger partial charge in [-0.1, -0.05) is 64.8 Å². The molecule has 1 unspecified atom stereocenters. The molecule has 1 aromatic heterocycles. The molecule has 1 fully saturated rings. The monoisotopic (exact) mass is 599 g/mol. The molecule has 0 saturated carbocycles. The van der Waals surface area contributed by atoms with Crippen LogP contribution in [-0.2, 0) is 23.1 Å². The molecule has 1 aliphatic rings. The van der Waals surface area contributed by atoms with Crippen LogP contribution in [0.1, 0.15) is 28.0 Å². The lowest BCUT2D eigenvalue weighted by molar-refractivity contribution is -0.108. The zero-order chi connectivity index (χ0) is 29.2. The fourth-order valence-corrected chi connectivity index (χ4v) is 5.99. The number of hydrogen-bond donors (Lipinski definition) is 1. The molecule has 214 valence electrons. The van der Waals surface area contributed by atoms with E-state index < -0.39 is 34.3 Å². The van der Waals surface area contributed by atoms with Crippen LogP contribution in [0, 0.1) is 12.8 Å². The molecule has 0 bridgehead atoms. The molecule has 1 atom stereocenters. The molecule has 8 nitrogen and oxygen atoms in total. The maximum absolute atomic E-state index is 15.3. The highest BCUT2D eigenvalue weighted by molar-refractivity contribution is 7.89. The van der Waals surface area contributed by atoms with Crippen molar-refractivity contribution in [2.45, 2.75) is 37.3 Å². The van der Waals surface area contributed by atoms with Crippen molar-refractivity contribution in [3.05, 3.63) is 101 Å². The Hall–Kier alpha value is -3.67. The topological polar surface area (TPSA) is 97.2 Å². The Morgan fingerprint density at radius 1 is 1.10 bits per heavy atom. The van der Waals surface area contributed by atoms with Gasteiger partial charge in [0.05, 0.1) is 30.2 Å². The lowest BCUT2D eigenvalue weighted by Crippen LogP contribution is -2.51. The van der Waals surface area contributed by atoms with Crippen molar-refractivity contribution in [1.29, 1.82) is 0 Å².